The van der Waals surface area contributed by atoms with E-state index >= 15 is 0 Å². The Kier molecular flexibility index (Phi) is 6.00. The van der Waals surface area contributed by atoms with Crippen molar-refractivity contribution in [3.8, 4) is 0 Å². The van der Waals surface area contributed by atoms with Crippen LogP contribution >= 0.6 is 11.6 Å². The van der Waals surface area contributed by atoms with Crippen LogP contribution in [0.5, 0.6) is 0 Å². The molecule has 9 heteroatoms. The van der Waals surface area contributed by atoms with E-state index in [4.69, 9.17) is 11.6 Å². The third-order valence-corrected chi connectivity index (χ3v) is 5.07. The van der Waals surface area contributed by atoms with Crippen molar-refractivity contribution in [2.24, 2.45) is 0 Å². The number of rotatable bonds is 4. The number of aromatic nitrogens is 1. The quantitative estimate of drug-likeness (QED) is 0.685. The van der Waals surface area contributed by atoms with Gasteiger partial charge in [-0.15, -0.1) is 0 Å². The molecule has 1 fully saturated rings. The van der Waals surface area contributed by atoms with Gasteiger partial charge in [-0.25, -0.2) is 9.37 Å². The first-order chi connectivity index (χ1) is 13.1. The molecule has 1 aliphatic rings. The number of halogens is 5. The van der Waals surface area contributed by atoms with E-state index in [0.29, 0.717) is 37.7 Å². The fourth-order valence-corrected chi connectivity index (χ4v) is 3.47. The second-order valence-electron chi connectivity index (χ2n) is 6.84. The minimum atomic E-state index is -4.53. The summed E-state index contributed by atoms with van der Waals surface area (Å²) < 4.78 is 52.2. The van der Waals surface area contributed by atoms with Crippen LogP contribution < -0.4 is 10.2 Å². The Morgan fingerprint density at radius 1 is 1.25 bits per heavy atom. The van der Waals surface area contributed by atoms with E-state index in [-0.39, 0.29) is 16.9 Å². The molecule has 1 aromatic carbocycles. The van der Waals surface area contributed by atoms with Gasteiger partial charge in [0.1, 0.15) is 11.6 Å². The van der Waals surface area contributed by atoms with Crippen LogP contribution in [0.3, 0.4) is 0 Å². The average Bonchev–Trinajstić information content (AvgIpc) is 2.63. The predicted octanol–water partition coefficient (Wildman–Crippen LogP) is 5.03. The molecule has 4 nitrogen and oxygen atoms in total. The molecule has 2 N–H and O–H groups in total. The standard InChI is InChI=1S/C19H20ClF4N3O/c1-11(26-18-16(20)8-12(10-25-18)19(22,23)24)15-9-13(21)2-3-17(15)27-6-4-14(28)5-7-27/h2-3,8-11,14,28H,4-7H2,1H3,(H,25,26)/t11-/m1/s1. The van der Waals surface area contributed by atoms with Crippen molar-refractivity contribution >= 4 is 23.1 Å². The Labute approximate surface area is 165 Å². The van der Waals surface area contributed by atoms with E-state index in [1.54, 1.807) is 13.0 Å². The summed E-state index contributed by atoms with van der Waals surface area (Å²) >= 11 is 5.97. The first kappa shape index (κ1) is 20.7. The Morgan fingerprint density at radius 2 is 1.93 bits per heavy atom. The van der Waals surface area contributed by atoms with Crippen LogP contribution in [0, 0.1) is 5.82 Å². The number of hydrogen-bond acceptors (Lipinski definition) is 4. The monoisotopic (exact) mass is 417 g/mol. The van der Waals surface area contributed by atoms with Crippen LogP contribution in [0.4, 0.5) is 29.1 Å². The molecule has 3 rings (SSSR count). The Bertz CT molecular complexity index is 838. The van der Waals surface area contributed by atoms with Crippen LogP contribution in [0.15, 0.2) is 30.5 Å². The Balaban J connectivity index is 1.84. The molecule has 0 radical (unpaired) electrons. The lowest BCUT2D eigenvalue weighted by Crippen LogP contribution is -2.36. The molecule has 0 unspecified atom stereocenters. The summed E-state index contributed by atoms with van der Waals surface area (Å²) in [6, 6.07) is 4.76. The predicted molar refractivity (Wildman–Crippen MR) is 100 cm³/mol. The van der Waals surface area contributed by atoms with E-state index in [9.17, 15) is 22.7 Å². The fourth-order valence-electron chi connectivity index (χ4n) is 3.25. The highest BCUT2D eigenvalue weighted by Crippen LogP contribution is 2.35. The van der Waals surface area contributed by atoms with Crippen LogP contribution in [-0.2, 0) is 6.18 Å². The van der Waals surface area contributed by atoms with E-state index in [0.717, 1.165) is 11.8 Å². The zero-order chi connectivity index (χ0) is 20.5. The van der Waals surface area contributed by atoms with Gasteiger partial charge in [-0.3, -0.25) is 0 Å². The second-order valence-corrected chi connectivity index (χ2v) is 7.25. The summed E-state index contributed by atoms with van der Waals surface area (Å²) in [7, 11) is 0. The van der Waals surface area contributed by atoms with E-state index in [1.807, 2.05) is 0 Å². The largest absolute Gasteiger partial charge is 0.417 e. The van der Waals surface area contributed by atoms with Gasteiger partial charge >= 0.3 is 6.18 Å². The molecule has 0 bridgehead atoms. The van der Waals surface area contributed by atoms with Crippen molar-refractivity contribution in [3.05, 3.63) is 52.4 Å². The SMILES string of the molecule is C[C@@H](Nc1ncc(C(F)(F)F)cc1Cl)c1cc(F)ccc1N1CCC(O)CC1. The smallest absolute Gasteiger partial charge is 0.393 e. The van der Waals surface area contributed by atoms with Crippen molar-refractivity contribution in [2.75, 3.05) is 23.3 Å². The summed E-state index contributed by atoms with van der Waals surface area (Å²) in [5.74, 6) is -0.331. The molecule has 2 aromatic rings. The number of hydrogen-bond donors (Lipinski definition) is 2. The summed E-state index contributed by atoms with van der Waals surface area (Å²) in [4.78, 5) is 5.84. The summed E-state index contributed by atoms with van der Waals surface area (Å²) in [5, 5.41) is 12.5. The first-order valence-corrected chi connectivity index (χ1v) is 9.24. The lowest BCUT2D eigenvalue weighted by Gasteiger charge is -2.34. The van der Waals surface area contributed by atoms with Gasteiger partial charge in [0, 0.05) is 30.5 Å². The minimum absolute atomic E-state index is 0.0893. The highest BCUT2D eigenvalue weighted by Gasteiger charge is 2.32. The average molecular weight is 418 g/mol. The molecule has 0 aliphatic carbocycles. The molecule has 0 saturated carbocycles. The highest BCUT2D eigenvalue weighted by atomic mass is 35.5. The number of pyridine rings is 1. The Morgan fingerprint density at radius 3 is 2.54 bits per heavy atom. The zero-order valence-electron chi connectivity index (χ0n) is 15.1. The van der Waals surface area contributed by atoms with E-state index in [2.05, 4.69) is 15.2 Å². The molecule has 1 atom stereocenters. The van der Waals surface area contributed by atoms with Crippen molar-refractivity contribution in [2.45, 2.75) is 38.1 Å². The van der Waals surface area contributed by atoms with Gasteiger partial charge in [0.05, 0.1) is 22.7 Å². The number of benzene rings is 1. The van der Waals surface area contributed by atoms with E-state index in [1.165, 1.54) is 12.1 Å². The van der Waals surface area contributed by atoms with Crippen LogP contribution in [0.2, 0.25) is 5.02 Å². The second kappa shape index (κ2) is 8.13. The van der Waals surface area contributed by atoms with Crippen LogP contribution in [0.25, 0.3) is 0 Å². The molecule has 1 aromatic heterocycles. The van der Waals surface area contributed by atoms with Crippen molar-refractivity contribution < 1.29 is 22.7 Å². The highest BCUT2D eigenvalue weighted by molar-refractivity contribution is 6.33. The van der Waals surface area contributed by atoms with Gasteiger partial charge in [-0.2, -0.15) is 13.2 Å². The number of aliphatic hydroxyl groups excluding tert-OH is 1. The topological polar surface area (TPSA) is 48.4 Å². The lowest BCUT2D eigenvalue weighted by atomic mass is 10.0. The van der Waals surface area contributed by atoms with Gasteiger partial charge < -0.3 is 15.3 Å². The lowest BCUT2D eigenvalue weighted by molar-refractivity contribution is -0.137. The summed E-state index contributed by atoms with van der Waals surface area (Å²) in [5.41, 5.74) is 0.500. The van der Waals surface area contributed by atoms with Crippen LogP contribution in [0.1, 0.15) is 36.9 Å². The number of piperidine rings is 1. The van der Waals surface area contributed by atoms with Crippen molar-refractivity contribution in [3.63, 3.8) is 0 Å². The molecular formula is C19H20ClF4N3O. The van der Waals surface area contributed by atoms with Gasteiger partial charge in [-0.1, -0.05) is 11.6 Å². The molecule has 1 saturated heterocycles. The Hall–Kier alpha value is -2.06. The minimum Gasteiger partial charge on any atom is -0.393 e. The molecule has 152 valence electrons. The maximum absolute atomic E-state index is 13.9. The fraction of sp³-hybridized carbons (Fsp3) is 0.421. The first-order valence-electron chi connectivity index (χ1n) is 8.87. The van der Waals surface area contributed by atoms with Gasteiger partial charge in [0.25, 0.3) is 0 Å². The number of nitrogens with zero attached hydrogens (tertiary/aromatic N) is 2. The molecule has 2 heterocycles. The van der Waals surface area contributed by atoms with Gasteiger partial charge in [-0.05, 0) is 44.0 Å². The molecule has 0 spiro atoms. The normalized spacial score (nSPS) is 16.9. The molecular weight excluding hydrogens is 398 g/mol. The van der Waals surface area contributed by atoms with Crippen molar-refractivity contribution in [1.29, 1.82) is 0 Å². The van der Waals surface area contributed by atoms with Gasteiger partial charge in [0.15, 0.2) is 0 Å². The maximum atomic E-state index is 13.9. The summed E-state index contributed by atoms with van der Waals surface area (Å²) in [6.45, 7) is 3.02. The number of nitrogens with one attached hydrogen (secondary N) is 1. The van der Waals surface area contributed by atoms with E-state index < -0.39 is 23.6 Å². The number of aliphatic hydroxyl groups is 1. The number of anilines is 2. The summed E-state index contributed by atoms with van der Waals surface area (Å²) in [6.07, 6.45) is -2.93. The molecule has 1 aliphatic heterocycles. The maximum Gasteiger partial charge on any atom is 0.417 e. The number of alkyl halides is 3. The molecule has 0 amide bonds. The third-order valence-electron chi connectivity index (χ3n) is 4.78. The van der Waals surface area contributed by atoms with Gasteiger partial charge in [0.2, 0.25) is 0 Å². The zero-order valence-corrected chi connectivity index (χ0v) is 15.9. The van der Waals surface area contributed by atoms with Crippen molar-refractivity contribution in [1.82, 2.24) is 4.98 Å². The third kappa shape index (κ3) is 4.67. The molecule has 28 heavy (non-hydrogen) atoms. The van der Waals surface area contributed by atoms with Crippen LogP contribution in [-0.4, -0.2) is 29.3 Å².